The number of anilines is 3. The van der Waals surface area contributed by atoms with Crippen molar-refractivity contribution in [3.63, 3.8) is 0 Å². The van der Waals surface area contributed by atoms with Gasteiger partial charge in [0.1, 0.15) is 34.9 Å². The molecule has 0 spiro atoms. The average molecular weight is 511 g/mol. The number of carbonyl (C=O) groups is 1. The molecule has 11 heteroatoms. The Morgan fingerprint density at radius 3 is 2.71 bits per heavy atom. The molecule has 3 N–H and O–H groups in total. The Morgan fingerprint density at radius 1 is 1.05 bits per heavy atom. The summed E-state index contributed by atoms with van der Waals surface area (Å²) in [5, 5.41) is 14.6. The molecule has 3 aromatic heterocycles. The van der Waals surface area contributed by atoms with E-state index >= 15 is 4.39 Å². The third-order valence-corrected chi connectivity index (χ3v) is 5.99. The Hall–Kier alpha value is -5.24. The molecule has 0 aliphatic heterocycles. The summed E-state index contributed by atoms with van der Waals surface area (Å²) in [6.45, 7) is 3.46. The first-order valence-corrected chi connectivity index (χ1v) is 11.5. The molecule has 5 aromatic rings. The highest BCUT2D eigenvalue weighted by Crippen LogP contribution is 2.34. The molecule has 5 rings (SSSR count). The number of amides is 1. The number of pyridine rings is 1. The highest BCUT2D eigenvalue weighted by atomic mass is 19.1. The van der Waals surface area contributed by atoms with Crippen molar-refractivity contribution in [2.45, 2.75) is 19.3 Å². The maximum absolute atomic E-state index is 15.5. The Bertz CT molecular complexity index is 1720. The van der Waals surface area contributed by atoms with Gasteiger partial charge in [0.2, 0.25) is 0 Å². The minimum Gasteiger partial charge on any atom is -0.341 e. The van der Waals surface area contributed by atoms with Crippen LogP contribution in [0.2, 0.25) is 0 Å². The Kier molecular flexibility index (Phi) is 6.22. The van der Waals surface area contributed by atoms with Crippen LogP contribution in [0.15, 0.2) is 67.4 Å². The minimum absolute atomic E-state index is 0.134. The van der Waals surface area contributed by atoms with E-state index in [9.17, 15) is 14.4 Å². The van der Waals surface area contributed by atoms with Crippen LogP contribution >= 0.6 is 0 Å². The molecule has 2 aromatic carbocycles. The van der Waals surface area contributed by atoms with Gasteiger partial charge in [0.25, 0.3) is 5.91 Å². The molecular weight excluding hydrogens is 490 g/mol. The van der Waals surface area contributed by atoms with Crippen LogP contribution in [0.5, 0.6) is 0 Å². The molecule has 1 amide bonds. The Labute approximate surface area is 215 Å². The van der Waals surface area contributed by atoms with Crippen LogP contribution in [0.1, 0.15) is 29.8 Å². The van der Waals surface area contributed by atoms with E-state index in [0.717, 1.165) is 12.1 Å². The number of nitrogens with zero attached hydrogens (tertiary/aromatic N) is 5. The van der Waals surface area contributed by atoms with Gasteiger partial charge < -0.3 is 15.6 Å². The summed E-state index contributed by atoms with van der Waals surface area (Å²) >= 11 is 0. The van der Waals surface area contributed by atoms with Crippen molar-refractivity contribution in [2.75, 3.05) is 10.6 Å². The van der Waals surface area contributed by atoms with Crippen LogP contribution in [0.4, 0.5) is 26.0 Å². The smallest absolute Gasteiger partial charge is 0.255 e. The van der Waals surface area contributed by atoms with E-state index in [0.29, 0.717) is 28.0 Å². The van der Waals surface area contributed by atoms with Gasteiger partial charge >= 0.3 is 0 Å². The Balaban J connectivity index is 1.47. The number of imidazole rings is 1. The van der Waals surface area contributed by atoms with E-state index in [4.69, 9.17) is 0 Å². The zero-order chi connectivity index (χ0) is 26.9. The van der Waals surface area contributed by atoms with E-state index < -0.39 is 28.6 Å². The maximum atomic E-state index is 15.5. The van der Waals surface area contributed by atoms with Gasteiger partial charge in [-0.05, 0) is 55.8 Å². The summed E-state index contributed by atoms with van der Waals surface area (Å²) in [4.78, 5) is 32.6. The lowest BCUT2D eigenvalue weighted by molar-refractivity contribution is 0.102. The molecule has 0 atom stereocenters. The van der Waals surface area contributed by atoms with Crippen molar-refractivity contribution in [3.8, 4) is 17.3 Å². The van der Waals surface area contributed by atoms with Gasteiger partial charge in [-0.3, -0.25) is 4.79 Å². The fraction of sp³-hybridized carbons (Fsp3) is 0.111. The van der Waals surface area contributed by atoms with Gasteiger partial charge in [0.15, 0.2) is 11.5 Å². The first kappa shape index (κ1) is 24.5. The normalized spacial score (nSPS) is 11.2. The number of benzene rings is 2. The number of nitrogens with one attached hydrogen (secondary N) is 3. The van der Waals surface area contributed by atoms with Crippen LogP contribution < -0.4 is 10.6 Å². The predicted octanol–water partition coefficient (Wildman–Crippen LogP) is 5.49. The zero-order valence-corrected chi connectivity index (χ0v) is 20.3. The Morgan fingerprint density at radius 2 is 1.89 bits per heavy atom. The lowest BCUT2D eigenvalue weighted by atomic mass is 9.85. The molecule has 0 aliphatic carbocycles. The summed E-state index contributed by atoms with van der Waals surface area (Å²) < 4.78 is 30.3. The SMILES string of the molecule is CC(C)(C#N)c1cccc(C(=O)Nc2ccc(F)c(Nc3ncccc3-c3ncnc4nc[nH]c34)c2F)c1. The van der Waals surface area contributed by atoms with Crippen LogP contribution in [0.25, 0.3) is 22.4 Å². The van der Waals surface area contributed by atoms with E-state index in [2.05, 4.69) is 41.6 Å². The summed E-state index contributed by atoms with van der Waals surface area (Å²) in [5.74, 6) is -2.38. The molecule has 0 saturated heterocycles. The number of H-pyrrole nitrogens is 1. The largest absolute Gasteiger partial charge is 0.341 e. The molecule has 9 nitrogen and oxygen atoms in total. The van der Waals surface area contributed by atoms with E-state index in [-0.39, 0.29) is 17.1 Å². The van der Waals surface area contributed by atoms with E-state index in [1.807, 2.05) is 0 Å². The lowest BCUT2D eigenvalue weighted by Gasteiger charge is -2.17. The molecule has 0 bridgehead atoms. The molecule has 188 valence electrons. The first-order valence-electron chi connectivity index (χ1n) is 11.5. The van der Waals surface area contributed by atoms with Gasteiger partial charge in [0, 0.05) is 17.3 Å². The van der Waals surface area contributed by atoms with Crippen molar-refractivity contribution >= 4 is 34.3 Å². The van der Waals surface area contributed by atoms with Crippen molar-refractivity contribution in [2.24, 2.45) is 0 Å². The van der Waals surface area contributed by atoms with Gasteiger partial charge in [-0.15, -0.1) is 0 Å². The zero-order valence-electron chi connectivity index (χ0n) is 20.3. The molecule has 0 unspecified atom stereocenters. The first-order chi connectivity index (χ1) is 18.3. The summed E-state index contributed by atoms with van der Waals surface area (Å²) in [7, 11) is 0. The van der Waals surface area contributed by atoms with Crippen molar-refractivity contribution < 1.29 is 13.6 Å². The van der Waals surface area contributed by atoms with Crippen molar-refractivity contribution in [1.82, 2.24) is 24.9 Å². The van der Waals surface area contributed by atoms with Crippen LogP contribution in [0.3, 0.4) is 0 Å². The van der Waals surface area contributed by atoms with E-state index in [1.54, 1.807) is 50.2 Å². The monoisotopic (exact) mass is 510 g/mol. The number of aromatic nitrogens is 5. The molecule has 0 radical (unpaired) electrons. The van der Waals surface area contributed by atoms with Crippen molar-refractivity contribution in [1.29, 1.82) is 5.26 Å². The number of halogens is 2. The minimum atomic E-state index is -1.02. The summed E-state index contributed by atoms with van der Waals surface area (Å²) in [5.41, 5.74) is 1.15. The highest BCUT2D eigenvalue weighted by molar-refractivity contribution is 6.04. The molecule has 3 heterocycles. The average Bonchev–Trinajstić information content (AvgIpc) is 3.42. The number of aromatic amines is 1. The maximum Gasteiger partial charge on any atom is 0.255 e. The third kappa shape index (κ3) is 4.51. The fourth-order valence-electron chi connectivity index (χ4n) is 3.86. The second-order valence-electron chi connectivity index (χ2n) is 8.90. The molecule has 0 aliphatic rings. The standard InChI is InChI=1S/C27H20F2N8O/c1-27(2,12-30)16-6-3-5-15(11-16)26(38)36-19-9-8-18(28)22(20(19)29)37-24-17(7-4-10-31-24)21-23-25(34-13-32-21)35-14-33-23/h3-11,13-14H,1-2H3,(H,31,37)(H,36,38)(H,32,33,34,35). The van der Waals surface area contributed by atoms with Crippen LogP contribution in [0, 0.1) is 23.0 Å². The lowest BCUT2D eigenvalue weighted by Crippen LogP contribution is -2.17. The second-order valence-corrected chi connectivity index (χ2v) is 8.90. The number of carbonyl (C=O) groups excluding carboxylic acids is 1. The molecule has 0 saturated carbocycles. The quantitative estimate of drug-likeness (QED) is 0.275. The van der Waals surface area contributed by atoms with Crippen LogP contribution in [-0.2, 0) is 5.41 Å². The molecule has 0 fully saturated rings. The topological polar surface area (TPSA) is 132 Å². The van der Waals surface area contributed by atoms with Gasteiger partial charge in [-0.1, -0.05) is 12.1 Å². The van der Waals surface area contributed by atoms with Crippen molar-refractivity contribution in [3.05, 3.63) is 90.1 Å². The van der Waals surface area contributed by atoms with Gasteiger partial charge in [-0.25, -0.2) is 28.7 Å². The van der Waals surface area contributed by atoms with Crippen LogP contribution in [-0.4, -0.2) is 30.8 Å². The number of hydrogen-bond donors (Lipinski definition) is 3. The number of hydrogen-bond acceptors (Lipinski definition) is 7. The van der Waals surface area contributed by atoms with E-state index in [1.165, 1.54) is 18.9 Å². The predicted molar refractivity (Wildman–Crippen MR) is 138 cm³/mol. The highest BCUT2D eigenvalue weighted by Gasteiger charge is 2.22. The number of nitriles is 1. The fourth-order valence-corrected chi connectivity index (χ4v) is 3.86. The van der Waals surface area contributed by atoms with Gasteiger partial charge in [-0.2, -0.15) is 5.26 Å². The molecular formula is C27H20F2N8O. The second kappa shape index (κ2) is 9.67. The summed E-state index contributed by atoms with van der Waals surface area (Å²) in [6, 6.07) is 14.2. The summed E-state index contributed by atoms with van der Waals surface area (Å²) in [6.07, 6.45) is 4.27. The number of fused-ring (bicyclic) bond motifs is 1. The van der Waals surface area contributed by atoms with Gasteiger partial charge in [0.05, 0.1) is 23.5 Å². The third-order valence-electron chi connectivity index (χ3n) is 5.99. The molecule has 38 heavy (non-hydrogen) atoms. The number of rotatable bonds is 6.